The second kappa shape index (κ2) is 6.48. The van der Waals surface area contributed by atoms with Gasteiger partial charge in [0.15, 0.2) is 0 Å². The van der Waals surface area contributed by atoms with E-state index in [0.29, 0.717) is 0 Å². The zero-order valence-corrected chi connectivity index (χ0v) is 13.2. The van der Waals surface area contributed by atoms with Gasteiger partial charge in [0.2, 0.25) is 5.82 Å². The number of amides is 1. The third-order valence-corrected chi connectivity index (χ3v) is 5.22. The molecule has 1 saturated heterocycles. The van der Waals surface area contributed by atoms with Crippen molar-refractivity contribution >= 4 is 15.6 Å². The molecule has 0 spiro atoms. The van der Waals surface area contributed by atoms with Gasteiger partial charge in [-0.05, 0) is 0 Å². The summed E-state index contributed by atoms with van der Waals surface area (Å²) in [7, 11) is -2.69. The molecule has 0 N–H and O–H groups in total. The lowest BCUT2D eigenvalue weighted by Crippen LogP contribution is -2.26. The fourth-order valence-electron chi connectivity index (χ4n) is 1.87. The van der Waals surface area contributed by atoms with Crippen molar-refractivity contribution in [2.45, 2.75) is 6.18 Å². The van der Waals surface area contributed by atoms with E-state index >= 15 is 0 Å². The lowest BCUT2D eigenvalue weighted by atomic mass is 10.4. The minimum absolute atomic E-state index is 0.119. The average molecular weight is 377 g/mol. The zero-order chi connectivity index (χ0) is 18.1. The summed E-state index contributed by atoms with van der Waals surface area (Å²) >= 11 is 0. The molecule has 13 heteroatoms. The van der Waals surface area contributed by atoms with Gasteiger partial charge >= 0.3 is 18.0 Å². The summed E-state index contributed by atoms with van der Waals surface area (Å²) in [5, 5.41) is 3.16. The first kappa shape index (κ1) is 17.4. The highest BCUT2D eigenvalue weighted by molar-refractivity contribution is 7.94. The first-order valence-corrected chi connectivity index (χ1v) is 8.70. The van der Waals surface area contributed by atoms with Crippen LogP contribution in [0.4, 0.5) is 13.2 Å². The third kappa shape index (κ3) is 3.99. The summed E-state index contributed by atoms with van der Waals surface area (Å²) < 4.78 is 62.4. The number of nitrogens with zero attached hydrogens (tertiary/aromatic N) is 5. The van der Waals surface area contributed by atoms with Crippen LogP contribution >= 0.6 is 0 Å². The van der Waals surface area contributed by atoms with Crippen molar-refractivity contribution < 1.29 is 31.4 Å². The van der Waals surface area contributed by atoms with Crippen LogP contribution in [0.15, 0.2) is 21.3 Å². The Hall–Kier alpha value is -2.41. The van der Waals surface area contributed by atoms with E-state index in [-0.39, 0.29) is 36.1 Å². The standard InChI is InChI=1S/C12H10F3N5O4S/c13-12(14,15)11-18-9(19-24-11)7-5-17-8(6-16-7)10(21)20-25(22)3-1-23-2-4-25/h5-6H,1-4H2. The minimum atomic E-state index is -4.78. The fraction of sp³-hybridized carbons (Fsp3) is 0.417. The van der Waals surface area contributed by atoms with Gasteiger partial charge in [-0.2, -0.15) is 22.5 Å². The first-order valence-electron chi connectivity index (χ1n) is 6.85. The molecule has 1 aliphatic rings. The van der Waals surface area contributed by atoms with Crippen molar-refractivity contribution in [3.63, 3.8) is 0 Å². The fourth-order valence-corrected chi connectivity index (χ4v) is 3.41. The largest absolute Gasteiger partial charge is 0.471 e. The molecule has 134 valence electrons. The van der Waals surface area contributed by atoms with Crippen molar-refractivity contribution in [3.05, 3.63) is 24.0 Å². The molecule has 1 amide bonds. The molecule has 9 nitrogen and oxygen atoms in total. The summed E-state index contributed by atoms with van der Waals surface area (Å²) in [5.41, 5.74) is -0.316. The molecule has 3 heterocycles. The van der Waals surface area contributed by atoms with Gasteiger partial charge in [-0.1, -0.05) is 5.16 Å². The number of rotatable bonds is 2. The number of carbonyl (C=O) groups excluding carboxylic acids is 1. The molecule has 0 saturated carbocycles. The number of aromatic nitrogens is 4. The van der Waals surface area contributed by atoms with Gasteiger partial charge in [-0.3, -0.25) is 4.79 Å². The highest BCUT2D eigenvalue weighted by Crippen LogP contribution is 2.28. The Labute approximate surface area is 138 Å². The van der Waals surface area contributed by atoms with Crippen LogP contribution in [0.3, 0.4) is 0 Å². The van der Waals surface area contributed by atoms with E-state index in [2.05, 4.69) is 29.0 Å². The zero-order valence-electron chi connectivity index (χ0n) is 12.4. The van der Waals surface area contributed by atoms with Gasteiger partial charge in [0.25, 0.3) is 0 Å². The third-order valence-electron chi connectivity index (χ3n) is 3.11. The van der Waals surface area contributed by atoms with Crippen LogP contribution in [0, 0.1) is 0 Å². The first-order chi connectivity index (χ1) is 11.8. The predicted molar refractivity (Wildman–Crippen MR) is 75.8 cm³/mol. The van der Waals surface area contributed by atoms with E-state index in [9.17, 15) is 22.2 Å². The normalized spacial score (nSPS) is 17.2. The van der Waals surface area contributed by atoms with Gasteiger partial charge in [0.05, 0.1) is 46.8 Å². The van der Waals surface area contributed by atoms with Crippen molar-refractivity contribution in [1.29, 1.82) is 0 Å². The van der Waals surface area contributed by atoms with Gasteiger partial charge in [0.1, 0.15) is 11.4 Å². The summed E-state index contributed by atoms with van der Waals surface area (Å²) in [5.74, 6) is -2.47. The van der Waals surface area contributed by atoms with Crippen LogP contribution in [-0.2, 0) is 20.6 Å². The molecule has 2 aromatic heterocycles. The van der Waals surface area contributed by atoms with E-state index in [1.54, 1.807) is 0 Å². The highest BCUT2D eigenvalue weighted by atomic mass is 32.2. The summed E-state index contributed by atoms with van der Waals surface area (Å²) in [4.78, 5) is 22.7. The maximum atomic E-state index is 12.4. The lowest BCUT2D eigenvalue weighted by Gasteiger charge is -2.15. The van der Waals surface area contributed by atoms with Gasteiger partial charge in [0, 0.05) is 0 Å². The Morgan fingerprint density at radius 1 is 1.20 bits per heavy atom. The monoisotopic (exact) mass is 377 g/mol. The van der Waals surface area contributed by atoms with Crippen molar-refractivity contribution in [1.82, 2.24) is 20.1 Å². The quantitative estimate of drug-likeness (QED) is 0.765. The van der Waals surface area contributed by atoms with E-state index in [1.807, 2.05) is 0 Å². The summed E-state index contributed by atoms with van der Waals surface area (Å²) in [6, 6.07) is 0. The Morgan fingerprint density at radius 3 is 2.48 bits per heavy atom. The van der Waals surface area contributed by atoms with Crippen LogP contribution in [-0.4, -0.2) is 54.9 Å². The molecule has 0 radical (unpaired) electrons. The van der Waals surface area contributed by atoms with Crippen LogP contribution < -0.4 is 0 Å². The Morgan fingerprint density at radius 2 is 1.92 bits per heavy atom. The number of ether oxygens (including phenoxy) is 1. The topological polar surface area (TPSA) is 120 Å². The van der Waals surface area contributed by atoms with E-state index < -0.39 is 33.5 Å². The number of carbonyl (C=O) groups is 1. The average Bonchev–Trinajstić information content (AvgIpc) is 3.05. The number of alkyl halides is 3. The predicted octanol–water partition coefficient (Wildman–Crippen LogP) is 1.18. The molecule has 0 unspecified atom stereocenters. The van der Waals surface area contributed by atoms with Crippen molar-refractivity contribution in [3.8, 4) is 11.5 Å². The molecule has 0 atom stereocenters. The number of hydrogen-bond donors (Lipinski definition) is 0. The van der Waals surface area contributed by atoms with Crippen molar-refractivity contribution in [2.75, 3.05) is 24.7 Å². The molecule has 0 aromatic carbocycles. The van der Waals surface area contributed by atoms with Crippen LogP contribution in [0.25, 0.3) is 11.5 Å². The SMILES string of the molecule is O=C(N=S1(=O)CCOCC1)c1cnc(-c2noc(C(F)(F)F)n2)cn1. The van der Waals surface area contributed by atoms with E-state index in [1.165, 1.54) is 0 Å². The van der Waals surface area contributed by atoms with Gasteiger partial charge in [-0.15, -0.1) is 0 Å². The maximum Gasteiger partial charge on any atom is 0.471 e. The van der Waals surface area contributed by atoms with Crippen LogP contribution in [0.5, 0.6) is 0 Å². The smallest absolute Gasteiger partial charge is 0.379 e. The molecule has 3 rings (SSSR count). The molecule has 0 aliphatic carbocycles. The van der Waals surface area contributed by atoms with Crippen LogP contribution in [0.1, 0.15) is 16.4 Å². The Bertz CT molecular complexity index is 890. The minimum Gasteiger partial charge on any atom is -0.379 e. The molecule has 1 fully saturated rings. The Kier molecular flexibility index (Phi) is 4.51. The molecule has 1 aliphatic heterocycles. The Balaban J connectivity index is 1.80. The number of hydrogen-bond acceptors (Lipinski definition) is 8. The second-order valence-corrected chi connectivity index (χ2v) is 7.44. The van der Waals surface area contributed by atoms with Gasteiger partial charge < -0.3 is 9.26 Å². The van der Waals surface area contributed by atoms with E-state index in [4.69, 9.17) is 4.74 Å². The van der Waals surface area contributed by atoms with E-state index in [0.717, 1.165) is 12.4 Å². The van der Waals surface area contributed by atoms with Gasteiger partial charge in [-0.25, -0.2) is 14.2 Å². The molecule has 0 bridgehead atoms. The second-order valence-electron chi connectivity index (χ2n) is 4.90. The molecule has 25 heavy (non-hydrogen) atoms. The molecular formula is C12H10F3N5O4S. The van der Waals surface area contributed by atoms with Crippen molar-refractivity contribution in [2.24, 2.45) is 4.36 Å². The molecule has 2 aromatic rings. The summed E-state index contributed by atoms with van der Waals surface area (Å²) in [6.07, 6.45) is -2.78. The number of halogens is 3. The maximum absolute atomic E-state index is 12.4. The van der Waals surface area contributed by atoms with Crippen LogP contribution in [0.2, 0.25) is 0 Å². The highest BCUT2D eigenvalue weighted by Gasteiger charge is 2.38. The lowest BCUT2D eigenvalue weighted by molar-refractivity contribution is -0.159. The molecular weight excluding hydrogens is 367 g/mol. The summed E-state index contributed by atoms with van der Waals surface area (Å²) in [6.45, 7) is 0.499.